The van der Waals surface area contributed by atoms with Gasteiger partial charge in [0.15, 0.2) is 0 Å². The summed E-state index contributed by atoms with van der Waals surface area (Å²) in [6.45, 7) is 5.77. The maximum Gasteiger partial charge on any atom is 0.328 e. The summed E-state index contributed by atoms with van der Waals surface area (Å²) in [5.41, 5.74) is 2.71. The number of rotatable bonds is 9. The largest absolute Gasteiger partial charge is 0.489 e. The monoisotopic (exact) mass is 516 g/mol. The van der Waals surface area contributed by atoms with Crippen LogP contribution >= 0.6 is 23.2 Å². The second-order valence-electron chi connectivity index (χ2n) is 8.07. The molecule has 0 saturated carbocycles. The van der Waals surface area contributed by atoms with Crippen molar-refractivity contribution in [2.75, 3.05) is 7.11 Å². The number of methoxy groups -OCH3 is 1. The minimum Gasteiger partial charge on any atom is -0.489 e. The number of hydrogen-bond acceptors (Lipinski definition) is 6. The molecule has 0 fully saturated rings. The molecule has 0 saturated heterocycles. The van der Waals surface area contributed by atoms with Gasteiger partial charge in [-0.05, 0) is 42.8 Å². The number of hydrogen-bond donors (Lipinski definition) is 1. The molecule has 9 heteroatoms. The van der Waals surface area contributed by atoms with Gasteiger partial charge in [-0.25, -0.2) is 4.79 Å². The molecule has 35 heavy (non-hydrogen) atoms. The number of ether oxygens (including phenoxy) is 2. The lowest BCUT2D eigenvalue weighted by Gasteiger charge is -2.11. The van der Waals surface area contributed by atoms with Crippen LogP contribution in [0.5, 0.6) is 5.75 Å². The summed E-state index contributed by atoms with van der Waals surface area (Å²) in [7, 11) is 1.27. The zero-order valence-corrected chi connectivity index (χ0v) is 21.3. The average Bonchev–Trinajstić information content (AvgIpc) is 3.25. The van der Waals surface area contributed by atoms with Crippen LogP contribution in [0.4, 0.5) is 0 Å². The molecule has 0 aliphatic carbocycles. The summed E-state index contributed by atoms with van der Waals surface area (Å²) in [5, 5.41) is 7.71. The van der Waals surface area contributed by atoms with Crippen molar-refractivity contribution in [3.05, 3.63) is 75.5 Å². The number of carbonyl (C=O) groups excluding carboxylic acids is 2. The highest BCUT2D eigenvalue weighted by Gasteiger charge is 2.23. The third-order valence-corrected chi connectivity index (χ3v) is 5.78. The molecule has 184 valence electrons. The maximum atomic E-state index is 12.0. The van der Waals surface area contributed by atoms with E-state index in [1.807, 2.05) is 26.0 Å². The Morgan fingerprint density at radius 1 is 1.09 bits per heavy atom. The van der Waals surface area contributed by atoms with Crippen molar-refractivity contribution in [3.8, 4) is 17.0 Å². The van der Waals surface area contributed by atoms with E-state index in [0.29, 0.717) is 32.8 Å². The Kier molecular flexibility index (Phi) is 8.95. The molecule has 0 aliphatic heterocycles. The predicted molar refractivity (Wildman–Crippen MR) is 135 cm³/mol. The molecule has 0 spiro atoms. The van der Waals surface area contributed by atoms with E-state index in [1.165, 1.54) is 13.2 Å². The first-order valence-electron chi connectivity index (χ1n) is 10.9. The summed E-state index contributed by atoms with van der Waals surface area (Å²) in [5.74, 6) is 0.488. The first-order valence-corrected chi connectivity index (χ1v) is 11.7. The molecular formula is C26H26Cl2N2O5. The summed E-state index contributed by atoms with van der Waals surface area (Å²) >= 11 is 12.8. The van der Waals surface area contributed by atoms with Crippen LogP contribution in [0.3, 0.4) is 0 Å². The van der Waals surface area contributed by atoms with E-state index in [0.717, 1.165) is 11.1 Å². The molecule has 3 rings (SSSR count). The van der Waals surface area contributed by atoms with Crippen LogP contribution in [0.25, 0.3) is 17.3 Å². The van der Waals surface area contributed by atoms with Gasteiger partial charge in [-0.3, -0.25) is 4.79 Å². The molecule has 2 aromatic carbocycles. The number of nitrogens with one attached hydrogen (secondary N) is 1. The number of nitrogens with zero attached hydrogens (tertiary/aromatic N) is 1. The van der Waals surface area contributed by atoms with Crippen LogP contribution < -0.4 is 10.1 Å². The standard InChI is InChI=1S/C26H26Cl2N2O5/c1-15(2)25-19(24(30-35-25)23-20(27)6-5-7-21(23)28)14-34-18-11-8-17(9-12-18)10-13-22(31)29-16(3)26(32)33-4/h5-13,15-16H,14H2,1-4H3,(H,29,31)/b13-10+/t16-/m1/s1. The molecule has 0 aliphatic rings. The molecule has 1 atom stereocenters. The van der Waals surface area contributed by atoms with Crippen LogP contribution in [0, 0.1) is 0 Å². The van der Waals surface area contributed by atoms with Gasteiger partial charge in [0.2, 0.25) is 5.91 Å². The van der Waals surface area contributed by atoms with Gasteiger partial charge in [-0.1, -0.05) is 60.4 Å². The van der Waals surface area contributed by atoms with Gasteiger partial charge in [0, 0.05) is 17.6 Å². The van der Waals surface area contributed by atoms with Gasteiger partial charge in [0.1, 0.15) is 29.9 Å². The number of amides is 1. The zero-order valence-electron chi connectivity index (χ0n) is 19.8. The minimum absolute atomic E-state index is 0.0803. The van der Waals surface area contributed by atoms with E-state index in [-0.39, 0.29) is 12.5 Å². The lowest BCUT2D eigenvalue weighted by atomic mass is 10.0. The molecule has 3 aromatic rings. The highest BCUT2D eigenvalue weighted by Crippen LogP contribution is 2.38. The SMILES string of the molecule is COC(=O)[C@@H](C)NC(=O)/C=C/c1ccc(OCc2c(-c3c(Cl)cccc3Cl)noc2C(C)C)cc1. The molecular weight excluding hydrogens is 491 g/mol. The fraction of sp³-hybridized carbons (Fsp3) is 0.269. The summed E-state index contributed by atoms with van der Waals surface area (Å²) < 4.78 is 16.2. The average molecular weight is 517 g/mol. The van der Waals surface area contributed by atoms with E-state index >= 15 is 0 Å². The van der Waals surface area contributed by atoms with Gasteiger partial charge in [-0.2, -0.15) is 0 Å². The Bertz CT molecular complexity index is 1200. The lowest BCUT2D eigenvalue weighted by molar-refractivity contribution is -0.144. The minimum atomic E-state index is -0.730. The Morgan fingerprint density at radius 2 is 1.74 bits per heavy atom. The van der Waals surface area contributed by atoms with E-state index in [2.05, 4.69) is 15.2 Å². The number of aromatic nitrogens is 1. The van der Waals surface area contributed by atoms with E-state index < -0.39 is 17.9 Å². The lowest BCUT2D eigenvalue weighted by Crippen LogP contribution is -2.38. The Labute approximate surface area is 214 Å². The molecule has 1 amide bonds. The highest BCUT2D eigenvalue weighted by atomic mass is 35.5. The molecule has 0 bridgehead atoms. The summed E-state index contributed by atoms with van der Waals surface area (Å²) in [4.78, 5) is 23.4. The van der Waals surface area contributed by atoms with Crippen LogP contribution in [-0.2, 0) is 20.9 Å². The number of halogens is 2. The van der Waals surface area contributed by atoms with Gasteiger partial charge in [-0.15, -0.1) is 0 Å². The van der Waals surface area contributed by atoms with Crippen molar-refractivity contribution in [2.45, 2.75) is 39.3 Å². The molecule has 0 radical (unpaired) electrons. The first kappa shape index (κ1) is 26.3. The Hall–Kier alpha value is -3.29. The van der Waals surface area contributed by atoms with Crippen molar-refractivity contribution in [1.29, 1.82) is 0 Å². The quantitative estimate of drug-likeness (QED) is 0.275. The summed E-state index contributed by atoms with van der Waals surface area (Å²) in [6.07, 6.45) is 2.98. The number of benzene rings is 2. The van der Waals surface area contributed by atoms with Crippen molar-refractivity contribution in [2.24, 2.45) is 0 Å². The van der Waals surface area contributed by atoms with E-state index in [1.54, 1.807) is 43.3 Å². The topological polar surface area (TPSA) is 90.7 Å². The predicted octanol–water partition coefficient (Wildman–Crippen LogP) is 6.04. The fourth-order valence-corrected chi connectivity index (χ4v) is 3.91. The Balaban J connectivity index is 1.71. The first-order chi connectivity index (χ1) is 16.7. The molecule has 1 heterocycles. The highest BCUT2D eigenvalue weighted by molar-refractivity contribution is 6.39. The molecule has 7 nitrogen and oxygen atoms in total. The zero-order chi connectivity index (χ0) is 25.5. The van der Waals surface area contributed by atoms with Crippen LogP contribution in [0.15, 0.2) is 53.1 Å². The number of carbonyl (C=O) groups is 2. The number of esters is 1. The van der Waals surface area contributed by atoms with Crippen molar-refractivity contribution >= 4 is 41.2 Å². The van der Waals surface area contributed by atoms with Gasteiger partial charge in [0.25, 0.3) is 0 Å². The molecule has 1 N–H and O–H groups in total. The van der Waals surface area contributed by atoms with E-state index in [9.17, 15) is 9.59 Å². The molecule has 1 aromatic heterocycles. The normalized spacial score (nSPS) is 12.1. The molecule has 0 unspecified atom stereocenters. The van der Waals surface area contributed by atoms with Crippen molar-refractivity contribution < 1.29 is 23.6 Å². The third kappa shape index (κ3) is 6.65. The van der Waals surface area contributed by atoms with Crippen molar-refractivity contribution in [3.63, 3.8) is 0 Å². The van der Waals surface area contributed by atoms with Gasteiger partial charge in [0.05, 0.1) is 22.7 Å². The van der Waals surface area contributed by atoms with Gasteiger partial charge < -0.3 is 19.3 Å². The van der Waals surface area contributed by atoms with Crippen molar-refractivity contribution in [1.82, 2.24) is 10.5 Å². The second-order valence-corrected chi connectivity index (χ2v) is 8.88. The van der Waals surface area contributed by atoms with Gasteiger partial charge >= 0.3 is 5.97 Å². The van der Waals surface area contributed by atoms with E-state index in [4.69, 9.17) is 32.5 Å². The fourth-order valence-electron chi connectivity index (χ4n) is 3.34. The van der Waals surface area contributed by atoms with Crippen LogP contribution in [0.1, 0.15) is 43.6 Å². The smallest absolute Gasteiger partial charge is 0.328 e. The Morgan fingerprint density at radius 3 is 2.34 bits per heavy atom. The van der Waals surface area contributed by atoms with Crippen LogP contribution in [0.2, 0.25) is 10.0 Å². The maximum absolute atomic E-state index is 12.0. The summed E-state index contributed by atoms with van der Waals surface area (Å²) in [6, 6.07) is 11.7. The van der Waals surface area contributed by atoms with Crippen LogP contribution in [-0.4, -0.2) is 30.2 Å². The second kappa shape index (κ2) is 11.9. The third-order valence-electron chi connectivity index (χ3n) is 5.15.